The molecule has 0 aromatic carbocycles. The van der Waals surface area contributed by atoms with E-state index in [1.165, 1.54) is 19.3 Å². The summed E-state index contributed by atoms with van der Waals surface area (Å²) in [5.41, 5.74) is 0. The number of methoxy groups -OCH3 is 1. The van der Waals surface area contributed by atoms with Crippen molar-refractivity contribution in [2.75, 3.05) is 46.4 Å². The molecule has 5 nitrogen and oxygen atoms in total. The largest absolute Gasteiger partial charge is 0.383 e. The van der Waals surface area contributed by atoms with E-state index in [-0.39, 0.29) is 6.03 Å². The minimum Gasteiger partial charge on any atom is -0.383 e. The molecule has 0 aliphatic carbocycles. The summed E-state index contributed by atoms with van der Waals surface area (Å²) in [4.78, 5) is 16.5. The van der Waals surface area contributed by atoms with E-state index in [9.17, 15) is 4.79 Å². The second-order valence-electron chi connectivity index (χ2n) is 5.56. The zero-order valence-corrected chi connectivity index (χ0v) is 12.1. The third-order valence-corrected chi connectivity index (χ3v) is 4.07. The van der Waals surface area contributed by atoms with Gasteiger partial charge in [-0.25, -0.2) is 4.79 Å². The van der Waals surface area contributed by atoms with Crippen molar-refractivity contribution >= 4 is 6.03 Å². The number of amides is 2. The molecule has 2 heterocycles. The number of piperidine rings is 1. The molecule has 2 fully saturated rings. The highest BCUT2D eigenvalue weighted by Crippen LogP contribution is 2.13. The second-order valence-corrected chi connectivity index (χ2v) is 5.56. The zero-order valence-electron chi connectivity index (χ0n) is 12.1. The Bertz CT molecular complexity index is 274. The van der Waals surface area contributed by atoms with E-state index >= 15 is 0 Å². The van der Waals surface area contributed by atoms with Crippen LogP contribution in [0.25, 0.3) is 0 Å². The van der Waals surface area contributed by atoms with Crippen LogP contribution in [0.2, 0.25) is 0 Å². The van der Waals surface area contributed by atoms with Crippen LogP contribution < -0.4 is 5.32 Å². The number of carbonyl (C=O) groups is 1. The second kappa shape index (κ2) is 7.70. The molecule has 1 N–H and O–H groups in total. The van der Waals surface area contributed by atoms with Crippen LogP contribution in [0.1, 0.15) is 32.1 Å². The van der Waals surface area contributed by atoms with Gasteiger partial charge in [0.1, 0.15) is 0 Å². The summed E-state index contributed by atoms with van der Waals surface area (Å²) in [7, 11) is 1.69. The molecule has 0 radical (unpaired) electrons. The monoisotopic (exact) mass is 269 g/mol. The molecule has 2 rings (SSSR count). The first-order chi connectivity index (χ1) is 9.31. The smallest absolute Gasteiger partial charge is 0.320 e. The number of ether oxygens (including phenoxy) is 1. The van der Waals surface area contributed by atoms with Crippen molar-refractivity contribution in [3.63, 3.8) is 0 Å². The van der Waals surface area contributed by atoms with Gasteiger partial charge in [0.15, 0.2) is 0 Å². The lowest BCUT2D eigenvalue weighted by atomic mass is 10.1. The van der Waals surface area contributed by atoms with Gasteiger partial charge in [0, 0.05) is 39.3 Å². The van der Waals surface area contributed by atoms with E-state index in [4.69, 9.17) is 4.74 Å². The Balaban J connectivity index is 1.88. The summed E-state index contributed by atoms with van der Waals surface area (Å²) in [6.45, 7) is 5.05. The van der Waals surface area contributed by atoms with Gasteiger partial charge in [0.05, 0.1) is 6.61 Å². The summed E-state index contributed by atoms with van der Waals surface area (Å²) in [6.07, 6.45) is 5.94. The quantitative estimate of drug-likeness (QED) is 0.818. The Morgan fingerprint density at radius 2 is 2.11 bits per heavy atom. The van der Waals surface area contributed by atoms with Crippen LogP contribution >= 0.6 is 0 Å². The van der Waals surface area contributed by atoms with Crippen molar-refractivity contribution in [2.24, 2.45) is 0 Å². The van der Waals surface area contributed by atoms with Gasteiger partial charge in [-0.05, 0) is 38.6 Å². The number of hydrogen-bond donors (Lipinski definition) is 1. The fourth-order valence-corrected chi connectivity index (χ4v) is 2.93. The maximum atomic E-state index is 12.6. The van der Waals surface area contributed by atoms with E-state index in [1.54, 1.807) is 7.11 Å². The van der Waals surface area contributed by atoms with Crippen molar-refractivity contribution in [1.82, 2.24) is 15.1 Å². The lowest BCUT2D eigenvalue weighted by Gasteiger charge is -2.34. The molecule has 0 saturated carbocycles. The van der Waals surface area contributed by atoms with E-state index in [0.29, 0.717) is 19.2 Å². The number of hydrogen-bond acceptors (Lipinski definition) is 3. The summed E-state index contributed by atoms with van der Waals surface area (Å²) >= 11 is 0. The summed E-state index contributed by atoms with van der Waals surface area (Å²) in [5, 5.41) is 3.47. The lowest BCUT2D eigenvalue weighted by Crippen LogP contribution is -2.50. The molecule has 1 atom stereocenters. The number of likely N-dealkylation sites (tertiary alicyclic amines) is 1. The highest BCUT2D eigenvalue weighted by molar-refractivity contribution is 5.74. The minimum absolute atomic E-state index is 0.199. The van der Waals surface area contributed by atoms with Crippen LogP contribution in [0.15, 0.2) is 0 Å². The third-order valence-electron chi connectivity index (χ3n) is 4.07. The van der Waals surface area contributed by atoms with Crippen LogP contribution in [-0.2, 0) is 4.74 Å². The van der Waals surface area contributed by atoms with Gasteiger partial charge < -0.3 is 19.9 Å². The van der Waals surface area contributed by atoms with E-state index in [0.717, 1.165) is 39.0 Å². The Morgan fingerprint density at radius 3 is 2.74 bits per heavy atom. The third kappa shape index (κ3) is 4.35. The summed E-state index contributed by atoms with van der Waals surface area (Å²) in [5.74, 6) is 0. The first-order valence-electron chi connectivity index (χ1n) is 7.57. The van der Waals surface area contributed by atoms with Crippen molar-refractivity contribution in [3.8, 4) is 0 Å². The van der Waals surface area contributed by atoms with E-state index in [2.05, 4.69) is 5.32 Å². The Kier molecular flexibility index (Phi) is 5.92. The number of rotatable bonds is 5. The average molecular weight is 269 g/mol. The van der Waals surface area contributed by atoms with Gasteiger partial charge in [0.25, 0.3) is 0 Å². The van der Waals surface area contributed by atoms with E-state index in [1.807, 2.05) is 9.80 Å². The highest BCUT2D eigenvalue weighted by Gasteiger charge is 2.25. The molecule has 19 heavy (non-hydrogen) atoms. The summed E-state index contributed by atoms with van der Waals surface area (Å²) in [6, 6.07) is 0.663. The molecule has 0 aromatic heterocycles. The molecule has 2 aliphatic rings. The topological polar surface area (TPSA) is 44.8 Å². The van der Waals surface area contributed by atoms with Crippen LogP contribution in [0.4, 0.5) is 4.79 Å². The molecule has 5 heteroatoms. The molecule has 2 aliphatic heterocycles. The Morgan fingerprint density at radius 1 is 1.32 bits per heavy atom. The predicted octanol–water partition coefficient (Wildman–Crippen LogP) is 1.29. The molecule has 0 spiro atoms. The van der Waals surface area contributed by atoms with Gasteiger partial charge in [-0.2, -0.15) is 0 Å². The SMILES string of the molecule is COCCN(CC1CCCN1)C(=O)N1CCCCC1. The molecule has 110 valence electrons. The Hall–Kier alpha value is -0.810. The maximum absolute atomic E-state index is 12.6. The van der Waals surface area contributed by atoms with Crippen LogP contribution in [0, 0.1) is 0 Å². The highest BCUT2D eigenvalue weighted by atomic mass is 16.5. The first-order valence-corrected chi connectivity index (χ1v) is 7.57. The molecule has 2 amide bonds. The van der Waals surface area contributed by atoms with Crippen molar-refractivity contribution < 1.29 is 9.53 Å². The molecule has 2 saturated heterocycles. The molecule has 1 unspecified atom stereocenters. The van der Waals surface area contributed by atoms with E-state index < -0.39 is 0 Å². The fraction of sp³-hybridized carbons (Fsp3) is 0.929. The van der Waals surface area contributed by atoms with Crippen LogP contribution in [0.3, 0.4) is 0 Å². The van der Waals surface area contributed by atoms with Gasteiger partial charge in [-0.15, -0.1) is 0 Å². The first kappa shape index (κ1) is 14.6. The molecular formula is C14H27N3O2. The zero-order chi connectivity index (χ0) is 13.5. The van der Waals surface area contributed by atoms with Gasteiger partial charge in [-0.3, -0.25) is 0 Å². The van der Waals surface area contributed by atoms with Gasteiger partial charge in [-0.1, -0.05) is 0 Å². The maximum Gasteiger partial charge on any atom is 0.320 e. The molecule has 0 aromatic rings. The number of carbonyl (C=O) groups excluding carboxylic acids is 1. The normalized spacial score (nSPS) is 23.6. The number of nitrogens with one attached hydrogen (secondary N) is 1. The molecule has 0 bridgehead atoms. The number of nitrogens with zero attached hydrogens (tertiary/aromatic N) is 2. The van der Waals surface area contributed by atoms with Crippen molar-refractivity contribution in [3.05, 3.63) is 0 Å². The number of urea groups is 1. The molecular weight excluding hydrogens is 242 g/mol. The predicted molar refractivity (Wildman–Crippen MR) is 75.3 cm³/mol. The average Bonchev–Trinajstić information content (AvgIpc) is 2.96. The minimum atomic E-state index is 0.199. The summed E-state index contributed by atoms with van der Waals surface area (Å²) < 4.78 is 5.14. The van der Waals surface area contributed by atoms with Crippen molar-refractivity contribution in [2.45, 2.75) is 38.1 Å². The van der Waals surface area contributed by atoms with Gasteiger partial charge >= 0.3 is 6.03 Å². The standard InChI is InChI=1S/C14H27N3O2/c1-19-11-10-17(12-13-6-5-7-15-13)14(18)16-8-3-2-4-9-16/h13,15H,2-12H2,1H3. The Labute approximate surface area is 116 Å². The van der Waals surface area contributed by atoms with Crippen LogP contribution in [-0.4, -0.2) is 68.3 Å². The van der Waals surface area contributed by atoms with Crippen molar-refractivity contribution in [1.29, 1.82) is 0 Å². The van der Waals surface area contributed by atoms with Crippen LogP contribution in [0.5, 0.6) is 0 Å². The fourth-order valence-electron chi connectivity index (χ4n) is 2.93. The van der Waals surface area contributed by atoms with Gasteiger partial charge in [0.2, 0.25) is 0 Å². The lowest BCUT2D eigenvalue weighted by molar-refractivity contribution is 0.115.